The smallest absolute Gasteiger partial charge is 0.252 e. The van der Waals surface area contributed by atoms with Crippen LogP contribution in [0.25, 0.3) is 0 Å². The minimum Gasteiger partial charge on any atom is -0.461 e. The molecule has 0 heterocycles. The van der Waals surface area contributed by atoms with Gasteiger partial charge in [-0.25, -0.2) is 0 Å². The normalized spacial score (nSPS) is 12.7. The quantitative estimate of drug-likeness (QED) is 0.500. The number of hydrogen-bond donors (Lipinski definition) is 1. The van der Waals surface area contributed by atoms with Crippen molar-refractivity contribution >= 4 is 5.91 Å². The Morgan fingerprint density at radius 1 is 1.26 bits per heavy atom. The van der Waals surface area contributed by atoms with Crippen LogP contribution in [0.5, 0.6) is 5.75 Å². The van der Waals surface area contributed by atoms with Crippen molar-refractivity contribution in [3.63, 3.8) is 0 Å². The zero-order chi connectivity index (χ0) is 14.4. The van der Waals surface area contributed by atoms with E-state index < -0.39 is 5.91 Å². The first-order valence-corrected chi connectivity index (χ1v) is 6.00. The van der Waals surface area contributed by atoms with E-state index in [1.54, 1.807) is 19.1 Å². The Balaban J connectivity index is 3.06. The van der Waals surface area contributed by atoms with Crippen molar-refractivity contribution in [1.29, 1.82) is 0 Å². The molecule has 0 atom stereocenters. The Morgan fingerprint density at radius 3 is 2.32 bits per heavy atom. The maximum atomic E-state index is 11.4. The molecular weight excluding hydrogens is 238 g/mol. The predicted molar refractivity (Wildman–Crippen MR) is 77.7 cm³/mol. The number of ether oxygens (including phenoxy) is 1. The van der Waals surface area contributed by atoms with E-state index in [1.807, 2.05) is 38.1 Å². The molecule has 1 aromatic carbocycles. The molecule has 1 aromatic rings. The summed E-state index contributed by atoms with van der Waals surface area (Å²) in [6, 6.07) is 7.58. The fourth-order valence-electron chi connectivity index (χ4n) is 1.47. The van der Waals surface area contributed by atoms with E-state index in [2.05, 4.69) is 6.58 Å². The van der Waals surface area contributed by atoms with Crippen LogP contribution in [-0.4, -0.2) is 5.91 Å². The topological polar surface area (TPSA) is 52.3 Å². The van der Waals surface area contributed by atoms with Gasteiger partial charge in [0.1, 0.15) is 11.5 Å². The molecule has 0 saturated carbocycles. The molecule has 0 saturated heterocycles. The zero-order valence-corrected chi connectivity index (χ0v) is 11.6. The molecule has 0 spiro atoms. The van der Waals surface area contributed by atoms with Crippen LogP contribution in [-0.2, 0) is 4.79 Å². The van der Waals surface area contributed by atoms with Gasteiger partial charge in [0.05, 0.1) is 5.57 Å². The summed E-state index contributed by atoms with van der Waals surface area (Å²) in [7, 11) is 0. The lowest BCUT2D eigenvalue weighted by Crippen LogP contribution is -2.16. The van der Waals surface area contributed by atoms with Crippen LogP contribution < -0.4 is 10.5 Å². The Bertz CT molecular complexity index is 536. The number of amides is 1. The summed E-state index contributed by atoms with van der Waals surface area (Å²) >= 11 is 0. The maximum absolute atomic E-state index is 11.4. The molecule has 0 aliphatic rings. The van der Waals surface area contributed by atoms with E-state index in [-0.39, 0.29) is 0 Å². The van der Waals surface area contributed by atoms with Gasteiger partial charge in [-0.15, -0.1) is 0 Å². The minimum atomic E-state index is -0.522. The molecule has 3 nitrogen and oxygen atoms in total. The van der Waals surface area contributed by atoms with Crippen LogP contribution in [0.2, 0.25) is 0 Å². The van der Waals surface area contributed by atoms with E-state index >= 15 is 0 Å². The number of hydrogen-bond acceptors (Lipinski definition) is 2. The summed E-state index contributed by atoms with van der Waals surface area (Å²) in [5.41, 5.74) is 7.70. The molecular formula is C16H19NO2. The highest BCUT2D eigenvalue weighted by atomic mass is 16.5. The second-order valence-corrected chi connectivity index (χ2v) is 4.34. The van der Waals surface area contributed by atoms with Gasteiger partial charge in [0.25, 0.3) is 5.91 Å². The van der Waals surface area contributed by atoms with Crippen LogP contribution in [0.1, 0.15) is 19.4 Å². The van der Waals surface area contributed by atoms with Gasteiger partial charge in [0.2, 0.25) is 0 Å². The van der Waals surface area contributed by atoms with Gasteiger partial charge in [-0.05, 0) is 39.0 Å². The van der Waals surface area contributed by atoms with Crippen LogP contribution in [0.4, 0.5) is 0 Å². The number of nitrogens with two attached hydrogens (primary N) is 1. The Hall–Kier alpha value is -2.29. The van der Waals surface area contributed by atoms with Crippen LogP contribution in [0.3, 0.4) is 0 Å². The van der Waals surface area contributed by atoms with Crippen molar-refractivity contribution in [1.82, 2.24) is 0 Å². The first-order valence-electron chi connectivity index (χ1n) is 6.00. The van der Waals surface area contributed by atoms with Gasteiger partial charge in [-0.3, -0.25) is 4.79 Å². The lowest BCUT2D eigenvalue weighted by molar-refractivity contribution is -0.114. The number of carbonyl (C=O) groups excluding carboxylic acids is 1. The van der Waals surface area contributed by atoms with Crippen molar-refractivity contribution < 1.29 is 9.53 Å². The first kappa shape index (κ1) is 14.8. The van der Waals surface area contributed by atoms with Crippen molar-refractivity contribution in [2.24, 2.45) is 5.73 Å². The summed E-state index contributed by atoms with van der Waals surface area (Å²) in [6.07, 6.45) is 3.32. The zero-order valence-electron chi connectivity index (χ0n) is 11.6. The van der Waals surface area contributed by atoms with Crippen molar-refractivity contribution in [2.45, 2.75) is 20.8 Å². The average Bonchev–Trinajstić information content (AvgIpc) is 2.37. The number of benzene rings is 1. The van der Waals surface area contributed by atoms with Gasteiger partial charge in [-0.1, -0.05) is 35.9 Å². The Kier molecular flexibility index (Phi) is 5.12. The monoisotopic (exact) mass is 257 g/mol. The first-order chi connectivity index (χ1) is 8.93. The van der Waals surface area contributed by atoms with Gasteiger partial charge >= 0.3 is 0 Å². The number of aryl methyl sites for hydroxylation is 1. The molecule has 2 N–H and O–H groups in total. The van der Waals surface area contributed by atoms with Gasteiger partial charge in [-0.2, -0.15) is 0 Å². The number of carbonyl (C=O) groups is 1. The lowest BCUT2D eigenvalue weighted by atomic mass is 10.1. The van der Waals surface area contributed by atoms with Gasteiger partial charge < -0.3 is 10.5 Å². The molecule has 100 valence electrons. The number of allylic oxidation sites excluding steroid dienone is 3. The maximum Gasteiger partial charge on any atom is 0.252 e. The second-order valence-electron chi connectivity index (χ2n) is 4.34. The predicted octanol–water partition coefficient (Wildman–Crippen LogP) is 3.27. The SMILES string of the molecule is C=C/C(C)=C\C(C(N)=O)=C(/C)Oc1ccc(C)cc1. The average molecular weight is 257 g/mol. The molecule has 0 unspecified atom stereocenters. The van der Waals surface area contributed by atoms with Crippen molar-refractivity contribution in [3.8, 4) is 5.75 Å². The van der Waals surface area contributed by atoms with Crippen molar-refractivity contribution in [2.75, 3.05) is 0 Å². The second kappa shape index (κ2) is 6.59. The van der Waals surface area contributed by atoms with Crippen LogP contribution >= 0.6 is 0 Å². The Labute approximate surface area is 114 Å². The Morgan fingerprint density at radius 2 is 1.84 bits per heavy atom. The molecule has 1 rings (SSSR count). The molecule has 0 radical (unpaired) electrons. The van der Waals surface area contributed by atoms with Crippen LogP contribution in [0, 0.1) is 6.92 Å². The standard InChI is InChI=1S/C16H19NO2/c1-5-11(2)10-15(16(17)18)13(4)19-14-8-6-12(3)7-9-14/h5-10H,1H2,2-4H3,(H2,17,18)/b11-10-,15-13-. The summed E-state index contributed by atoms with van der Waals surface area (Å²) in [6.45, 7) is 9.20. The molecule has 0 aromatic heterocycles. The third-order valence-corrected chi connectivity index (χ3v) is 2.63. The molecule has 3 heteroatoms. The largest absolute Gasteiger partial charge is 0.461 e. The number of rotatable bonds is 5. The summed E-state index contributed by atoms with van der Waals surface area (Å²) in [5.74, 6) is 0.620. The van der Waals surface area contributed by atoms with E-state index in [9.17, 15) is 4.79 Å². The highest BCUT2D eigenvalue weighted by Gasteiger charge is 2.09. The van der Waals surface area contributed by atoms with E-state index in [0.717, 1.165) is 11.1 Å². The van der Waals surface area contributed by atoms with Crippen LogP contribution in [0.15, 0.2) is 59.9 Å². The molecule has 19 heavy (non-hydrogen) atoms. The van der Waals surface area contributed by atoms with E-state index in [0.29, 0.717) is 17.1 Å². The van der Waals surface area contributed by atoms with Gasteiger partial charge in [0, 0.05) is 0 Å². The highest BCUT2D eigenvalue weighted by molar-refractivity contribution is 5.95. The van der Waals surface area contributed by atoms with Gasteiger partial charge in [0.15, 0.2) is 0 Å². The fourth-order valence-corrected chi connectivity index (χ4v) is 1.47. The summed E-state index contributed by atoms with van der Waals surface area (Å²) in [4.78, 5) is 11.4. The summed E-state index contributed by atoms with van der Waals surface area (Å²) in [5, 5.41) is 0. The van der Waals surface area contributed by atoms with E-state index in [4.69, 9.17) is 10.5 Å². The fraction of sp³-hybridized carbons (Fsp3) is 0.188. The lowest BCUT2D eigenvalue weighted by Gasteiger charge is -2.09. The molecule has 0 bridgehead atoms. The molecule has 1 amide bonds. The van der Waals surface area contributed by atoms with E-state index in [1.165, 1.54) is 0 Å². The third kappa shape index (κ3) is 4.47. The highest BCUT2D eigenvalue weighted by Crippen LogP contribution is 2.17. The minimum absolute atomic E-state index is 0.345. The molecule has 0 aliphatic heterocycles. The molecule has 0 fully saturated rings. The molecule has 0 aliphatic carbocycles. The third-order valence-electron chi connectivity index (χ3n) is 2.63. The number of primary amides is 1. The van der Waals surface area contributed by atoms with Crippen molar-refractivity contribution in [3.05, 3.63) is 65.5 Å². The summed E-state index contributed by atoms with van der Waals surface area (Å²) < 4.78 is 5.64.